The third-order valence-corrected chi connectivity index (χ3v) is 6.46. The van der Waals surface area contributed by atoms with Crippen LogP contribution in [0.25, 0.3) is 0 Å². The highest BCUT2D eigenvalue weighted by atomic mass is 16.6. The van der Waals surface area contributed by atoms with Gasteiger partial charge in [-0.25, -0.2) is 4.79 Å². The first-order valence-corrected chi connectivity index (χ1v) is 10.3. The molecule has 1 saturated heterocycles. The molecule has 0 amide bonds. The fraction of sp³-hybridized carbons (Fsp3) is 0.320. The Morgan fingerprint density at radius 1 is 1.06 bits per heavy atom. The third-order valence-electron chi connectivity index (χ3n) is 6.46. The number of benzene rings is 2. The van der Waals surface area contributed by atoms with E-state index < -0.39 is 41.4 Å². The van der Waals surface area contributed by atoms with Crippen LogP contribution < -0.4 is 0 Å². The molecule has 1 heterocycles. The van der Waals surface area contributed by atoms with Gasteiger partial charge < -0.3 is 14.2 Å². The zero-order chi connectivity index (χ0) is 21.9. The average molecular weight is 418 g/mol. The molecule has 2 aromatic rings. The Labute approximate surface area is 179 Å². The predicted octanol–water partition coefficient (Wildman–Crippen LogP) is 3.23. The molecule has 0 radical (unpaired) electrons. The van der Waals surface area contributed by atoms with Crippen LogP contribution in [0.5, 0.6) is 0 Å². The number of hydrogen-bond donors (Lipinski definition) is 0. The summed E-state index contributed by atoms with van der Waals surface area (Å²) in [6.07, 6.45) is -0.553. The first-order valence-electron chi connectivity index (χ1n) is 10.3. The van der Waals surface area contributed by atoms with Crippen LogP contribution in [0.1, 0.15) is 42.0 Å². The van der Waals surface area contributed by atoms with Crippen LogP contribution >= 0.6 is 0 Å². The van der Waals surface area contributed by atoms with Crippen LogP contribution in [0.3, 0.4) is 0 Å². The van der Waals surface area contributed by atoms with Crippen molar-refractivity contribution < 1.29 is 28.6 Å². The molecule has 1 fully saturated rings. The van der Waals surface area contributed by atoms with Gasteiger partial charge in [0, 0.05) is 11.5 Å². The van der Waals surface area contributed by atoms with Crippen LogP contribution in [-0.2, 0) is 34.2 Å². The Kier molecular flexibility index (Phi) is 4.38. The molecule has 6 heteroatoms. The molecule has 0 N–H and O–H groups in total. The second-order valence-electron chi connectivity index (χ2n) is 8.44. The summed E-state index contributed by atoms with van der Waals surface area (Å²) in [5.74, 6) is -3.31. The predicted molar refractivity (Wildman–Crippen MR) is 110 cm³/mol. The van der Waals surface area contributed by atoms with Gasteiger partial charge in [0.2, 0.25) is 0 Å². The summed E-state index contributed by atoms with van der Waals surface area (Å²) in [4.78, 5) is 37.6. The molecule has 1 aliphatic heterocycles. The van der Waals surface area contributed by atoms with Crippen molar-refractivity contribution in [2.45, 2.75) is 31.5 Å². The van der Waals surface area contributed by atoms with Crippen molar-refractivity contribution in [2.24, 2.45) is 11.8 Å². The number of carbonyl (C=O) groups excluding carboxylic acids is 3. The molecular formula is C25H22O6. The molecule has 31 heavy (non-hydrogen) atoms. The lowest BCUT2D eigenvalue weighted by molar-refractivity contribution is -0.169. The average Bonchev–Trinajstić information content (AvgIpc) is 3.07. The van der Waals surface area contributed by atoms with E-state index in [1.165, 1.54) is 0 Å². The Hall–Kier alpha value is -3.25. The first-order chi connectivity index (χ1) is 14.9. The Morgan fingerprint density at radius 2 is 1.65 bits per heavy atom. The van der Waals surface area contributed by atoms with Gasteiger partial charge >= 0.3 is 17.9 Å². The molecular weight excluding hydrogens is 396 g/mol. The normalized spacial score (nSPS) is 28.3. The van der Waals surface area contributed by atoms with Crippen molar-refractivity contribution in [3.8, 4) is 0 Å². The lowest BCUT2D eigenvalue weighted by Crippen LogP contribution is -2.56. The fourth-order valence-corrected chi connectivity index (χ4v) is 5.38. The molecule has 3 unspecified atom stereocenters. The molecule has 0 spiro atoms. The van der Waals surface area contributed by atoms with E-state index in [0.717, 1.165) is 22.3 Å². The summed E-state index contributed by atoms with van der Waals surface area (Å²) in [7, 11) is 0. The van der Waals surface area contributed by atoms with Crippen molar-refractivity contribution in [1.29, 1.82) is 0 Å². The number of hydrogen-bond acceptors (Lipinski definition) is 6. The third kappa shape index (κ3) is 2.64. The van der Waals surface area contributed by atoms with Crippen molar-refractivity contribution >= 4 is 17.9 Å². The van der Waals surface area contributed by atoms with Gasteiger partial charge in [-0.1, -0.05) is 55.1 Å². The summed E-state index contributed by atoms with van der Waals surface area (Å²) in [5, 5.41) is 0. The van der Waals surface area contributed by atoms with Crippen molar-refractivity contribution in [2.75, 3.05) is 6.61 Å². The highest BCUT2D eigenvalue weighted by molar-refractivity contribution is 6.00. The van der Waals surface area contributed by atoms with Crippen molar-refractivity contribution in [3.63, 3.8) is 0 Å². The van der Waals surface area contributed by atoms with E-state index in [-0.39, 0.29) is 12.5 Å². The van der Waals surface area contributed by atoms with E-state index >= 15 is 0 Å². The molecule has 0 aromatic heterocycles. The van der Waals surface area contributed by atoms with Gasteiger partial charge in [-0.2, -0.15) is 0 Å². The first kappa shape index (κ1) is 19.7. The smallest absolute Gasteiger partial charge is 0.333 e. The summed E-state index contributed by atoms with van der Waals surface area (Å²) in [6, 6.07) is 15.5. The Bertz CT molecular complexity index is 1080. The van der Waals surface area contributed by atoms with E-state index in [0.29, 0.717) is 5.57 Å². The number of ether oxygens (including phenoxy) is 3. The number of cyclic esters (lactones) is 2. The highest BCUT2D eigenvalue weighted by Crippen LogP contribution is 2.64. The molecule has 3 atom stereocenters. The fourth-order valence-electron chi connectivity index (χ4n) is 5.38. The van der Waals surface area contributed by atoms with Crippen LogP contribution in [0.2, 0.25) is 0 Å². The maximum absolute atomic E-state index is 13.0. The number of carbonyl (C=O) groups is 3. The quantitative estimate of drug-likeness (QED) is 0.421. The maximum atomic E-state index is 13.0. The van der Waals surface area contributed by atoms with E-state index in [4.69, 9.17) is 14.2 Å². The zero-order valence-corrected chi connectivity index (χ0v) is 17.3. The maximum Gasteiger partial charge on any atom is 0.333 e. The molecule has 2 aromatic carbocycles. The minimum absolute atomic E-state index is 0.0123. The van der Waals surface area contributed by atoms with Gasteiger partial charge in [0.25, 0.3) is 0 Å². The molecule has 2 bridgehead atoms. The van der Waals surface area contributed by atoms with E-state index in [2.05, 4.69) is 6.58 Å². The summed E-state index contributed by atoms with van der Waals surface area (Å²) < 4.78 is 17.1. The zero-order valence-electron chi connectivity index (χ0n) is 17.3. The van der Waals surface area contributed by atoms with E-state index in [1.54, 1.807) is 13.8 Å². The Balaban J connectivity index is 1.66. The second kappa shape index (κ2) is 6.89. The van der Waals surface area contributed by atoms with Crippen LogP contribution in [-0.4, -0.2) is 30.6 Å². The summed E-state index contributed by atoms with van der Waals surface area (Å²) in [6.45, 7) is 6.94. The lowest BCUT2D eigenvalue weighted by Gasteiger charge is -2.53. The lowest BCUT2D eigenvalue weighted by atomic mass is 9.52. The Morgan fingerprint density at radius 3 is 2.23 bits per heavy atom. The molecule has 6 rings (SSSR count). The van der Waals surface area contributed by atoms with Gasteiger partial charge in [0.15, 0.2) is 0 Å². The van der Waals surface area contributed by atoms with Gasteiger partial charge in [0.1, 0.15) is 18.1 Å². The number of esters is 3. The molecule has 3 aliphatic carbocycles. The van der Waals surface area contributed by atoms with E-state index in [9.17, 15) is 14.4 Å². The van der Waals surface area contributed by atoms with E-state index in [1.807, 2.05) is 48.5 Å². The summed E-state index contributed by atoms with van der Waals surface area (Å²) >= 11 is 0. The molecule has 4 aliphatic rings. The molecule has 158 valence electrons. The minimum Gasteiger partial charge on any atom is -0.460 e. The molecule has 6 nitrogen and oxygen atoms in total. The van der Waals surface area contributed by atoms with Gasteiger partial charge in [-0.15, -0.1) is 0 Å². The van der Waals surface area contributed by atoms with Crippen LogP contribution in [0, 0.1) is 11.8 Å². The van der Waals surface area contributed by atoms with Crippen molar-refractivity contribution in [3.05, 3.63) is 82.9 Å². The highest BCUT2D eigenvalue weighted by Gasteiger charge is 2.68. The molecule has 0 saturated carbocycles. The monoisotopic (exact) mass is 418 g/mol. The SMILES string of the molecule is C=C(C)C(=O)OCC(C)OC12c3ccccc3C(c3ccccc31)C1C(=O)OC(=O)C12. The minimum atomic E-state index is -1.20. The number of rotatable bonds is 5. The largest absolute Gasteiger partial charge is 0.460 e. The topological polar surface area (TPSA) is 78.9 Å². The van der Waals surface area contributed by atoms with Gasteiger partial charge in [0.05, 0.1) is 12.0 Å². The summed E-state index contributed by atoms with van der Waals surface area (Å²) in [5.41, 5.74) is 2.71. The standard InChI is InChI=1S/C25H22O6/c1-13(2)22(26)29-12-14(3)31-25-17-10-6-4-8-15(17)19(16-9-5-7-11-18(16)25)20-21(25)24(28)30-23(20)27/h4-11,14,19-21H,1,12H2,2-3H3. The van der Waals surface area contributed by atoms with Crippen molar-refractivity contribution in [1.82, 2.24) is 0 Å². The second-order valence-corrected chi connectivity index (χ2v) is 8.44. The van der Waals surface area contributed by atoms with Crippen LogP contribution in [0.15, 0.2) is 60.7 Å². The van der Waals surface area contributed by atoms with Crippen LogP contribution in [0.4, 0.5) is 0 Å². The van der Waals surface area contributed by atoms with Gasteiger partial charge in [-0.05, 0) is 36.1 Å². The van der Waals surface area contributed by atoms with Gasteiger partial charge in [-0.3, -0.25) is 9.59 Å².